The van der Waals surface area contributed by atoms with Gasteiger partial charge < -0.3 is 9.47 Å². The molecule has 30 heavy (non-hydrogen) atoms. The Morgan fingerprint density at radius 1 is 1.23 bits per heavy atom. The molecule has 1 aliphatic heterocycles. The largest absolute Gasteiger partial charge is 0.490 e. The van der Waals surface area contributed by atoms with E-state index in [1.54, 1.807) is 42.5 Å². The van der Waals surface area contributed by atoms with Crippen LogP contribution in [0.1, 0.15) is 18.1 Å². The predicted octanol–water partition coefficient (Wildman–Crippen LogP) is 5.68. The van der Waals surface area contributed by atoms with Crippen molar-refractivity contribution in [2.45, 2.75) is 13.5 Å². The summed E-state index contributed by atoms with van der Waals surface area (Å²) in [6.45, 7) is 5.95. The number of thioether (sulfide) groups is 1. The molecule has 0 aromatic heterocycles. The summed E-state index contributed by atoms with van der Waals surface area (Å²) >= 11 is 7.12. The van der Waals surface area contributed by atoms with E-state index >= 15 is 0 Å². The summed E-state index contributed by atoms with van der Waals surface area (Å²) in [5, 5.41) is -0.156. The molecule has 0 aliphatic carbocycles. The van der Waals surface area contributed by atoms with Crippen LogP contribution in [0.4, 0.5) is 9.18 Å². The number of imide groups is 1. The van der Waals surface area contributed by atoms with Crippen molar-refractivity contribution in [3.8, 4) is 11.5 Å². The molecule has 0 spiro atoms. The van der Waals surface area contributed by atoms with Crippen LogP contribution in [0, 0.1) is 5.82 Å². The van der Waals surface area contributed by atoms with E-state index in [2.05, 4.69) is 6.58 Å². The van der Waals surface area contributed by atoms with Gasteiger partial charge in [-0.15, -0.1) is 0 Å². The molecule has 2 aromatic carbocycles. The van der Waals surface area contributed by atoms with Crippen LogP contribution in [0.3, 0.4) is 0 Å². The van der Waals surface area contributed by atoms with Gasteiger partial charge in [0.2, 0.25) is 0 Å². The highest BCUT2D eigenvalue weighted by molar-refractivity contribution is 8.18. The van der Waals surface area contributed by atoms with Gasteiger partial charge in [0.25, 0.3) is 11.1 Å². The molecule has 0 atom stereocenters. The maximum atomic E-state index is 13.9. The van der Waals surface area contributed by atoms with Crippen molar-refractivity contribution in [3.05, 3.63) is 75.9 Å². The van der Waals surface area contributed by atoms with Gasteiger partial charge in [-0.25, -0.2) is 4.39 Å². The van der Waals surface area contributed by atoms with Gasteiger partial charge in [0.15, 0.2) is 11.5 Å². The minimum atomic E-state index is -0.491. The number of ether oxygens (including phenoxy) is 2. The summed E-state index contributed by atoms with van der Waals surface area (Å²) in [7, 11) is 0. The minimum absolute atomic E-state index is 0.131. The maximum Gasteiger partial charge on any atom is 0.293 e. The average molecular weight is 448 g/mol. The van der Waals surface area contributed by atoms with Crippen LogP contribution in [0.5, 0.6) is 11.5 Å². The second-order valence-electron chi connectivity index (χ2n) is 6.22. The van der Waals surface area contributed by atoms with Crippen LogP contribution in [0.15, 0.2) is 54.0 Å². The summed E-state index contributed by atoms with van der Waals surface area (Å²) in [5.41, 5.74) is 0.845. The lowest BCUT2D eigenvalue weighted by Crippen LogP contribution is -2.27. The molecule has 2 amide bonds. The highest BCUT2D eigenvalue weighted by Crippen LogP contribution is 2.39. The summed E-state index contributed by atoms with van der Waals surface area (Å²) in [6, 6.07) is 9.33. The number of hydrogen-bond donors (Lipinski definition) is 0. The zero-order valence-corrected chi connectivity index (χ0v) is 17.8. The van der Waals surface area contributed by atoms with E-state index < -0.39 is 17.0 Å². The number of benzene rings is 2. The molecule has 3 rings (SSSR count). The molecule has 0 saturated carbocycles. The fraction of sp³-hybridized carbons (Fsp3) is 0.182. The molecule has 2 aromatic rings. The van der Waals surface area contributed by atoms with Gasteiger partial charge in [0, 0.05) is 5.56 Å². The lowest BCUT2D eigenvalue weighted by molar-refractivity contribution is -0.123. The van der Waals surface area contributed by atoms with Crippen LogP contribution in [0.25, 0.3) is 6.08 Å². The van der Waals surface area contributed by atoms with Crippen molar-refractivity contribution in [1.82, 2.24) is 4.90 Å². The first-order chi connectivity index (χ1) is 14.4. The van der Waals surface area contributed by atoms with E-state index in [-0.39, 0.29) is 23.6 Å². The highest BCUT2D eigenvalue weighted by Gasteiger charge is 2.35. The SMILES string of the molecule is C=CCOc1c(Cl)cc(/C=C2/SC(=O)N(Cc3ccccc3F)C2=O)cc1OCC. The normalized spacial score (nSPS) is 15.0. The van der Waals surface area contributed by atoms with Crippen LogP contribution < -0.4 is 9.47 Å². The summed E-state index contributed by atoms with van der Waals surface area (Å²) in [6.07, 6.45) is 3.14. The Hall–Kier alpha value is -2.77. The van der Waals surface area contributed by atoms with Crippen molar-refractivity contribution in [3.63, 3.8) is 0 Å². The highest BCUT2D eigenvalue weighted by atomic mass is 35.5. The van der Waals surface area contributed by atoms with Gasteiger partial charge in [0.1, 0.15) is 12.4 Å². The molecule has 5 nitrogen and oxygen atoms in total. The average Bonchev–Trinajstić information content (AvgIpc) is 2.96. The van der Waals surface area contributed by atoms with Crippen LogP contribution in [-0.4, -0.2) is 29.3 Å². The predicted molar refractivity (Wildman–Crippen MR) is 116 cm³/mol. The maximum absolute atomic E-state index is 13.9. The summed E-state index contributed by atoms with van der Waals surface area (Å²) in [5.74, 6) is -0.162. The van der Waals surface area contributed by atoms with Crippen molar-refractivity contribution < 1.29 is 23.5 Å². The van der Waals surface area contributed by atoms with E-state index in [0.29, 0.717) is 28.7 Å². The third-order valence-corrected chi connectivity index (χ3v) is 5.32. The van der Waals surface area contributed by atoms with E-state index in [1.165, 1.54) is 6.07 Å². The number of rotatable bonds is 8. The molecule has 156 valence electrons. The minimum Gasteiger partial charge on any atom is -0.490 e. The Balaban J connectivity index is 1.87. The van der Waals surface area contributed by atoms with E-state index in [0.717, 1.165) is 16.7 Å². The van der Waals surface area contributed by atoms with Crippen molar-refractivity contribution >= 4 is 40.6 Å². The Morgan fingerprint density at radius 2 is 2.00 bits per heavy atom. The van der Waals surface area contributed by atoms with Gasteiger partial charge in [-0.2, -0.15) is 0 Å². The van der Waals surface area contributed by atoms with Gasteiger partial charge in [-0.3, -0.25) is 14.5 Å². The molecule has 1 fully saturated rings. The number of halogens is 2. The van der Waals surface area contributed by atoms with Gasteiger partial charge in [0.05, 0.1) is 23.1 Å². The molecule has 1 heterocycles. The lowest BCUT2D eigenvalue weighted by Gasteiger charge is -2.14. The first-order valence-electron chi connectivity index (χ1n) is 9.13. The van der Waals surface area contributed by atoms with Crippen molar-refractivity contribution in [1.29, 1.82) is 0 Å². The topological polar surface area (TPSA) is 55.8 Å². The standard InChI is InChI=1S/C22H19ClFNO4S/c1-3-9-29-20-16(23)10-14(11-18(20)28-4-2)12-19-21(26)25(22(27)30-19)13-15-7-5-6-8-17(15)24/h3,5-8,10-12H,1,4,9,13H2,2H3/b19-12+. The number of carbonyl (C=O) groups is 2. The number of amides is 2. The van der Waals surface area contributed by atoms with Crippen LogP contribution >= 0.6 is 23.4 Å². The van der Waals surface area contributed by atoms with Crippen molar-refractivity contribution in [2.75, 3.05) is 13.2 Å². The molecule has 1 saturated heterocycles. The molecular weight excluding hydrogens is 429 g/mol. The van der Waals surface area contributed by atoms with Gasteiger partial charge in [-0.1, -0.05) is 42.5 Å². The second-order valence-corrected chi connectivity index (χ2v) is 7.62. The van der Waals surface area contributed by atoms with E-state index in [9.17, 15) is 14.0 Å². The van der Waals surface area contributed by atoms with E-state index in [4.69, 9.17) is 21.1 Å². The Kier molecular flexibility index (Phi) is 7.18. The quantitative estimate of drug-likeness (QED) is 0.385. The molecule has 0 unspecified atom stereocenters. The fourth-order valence-electron chi connectivity index (χ4n) is 2.80. The van der Waals surface area contributed by atoms with E-state index in [1.807, 2.05) is 6.92 Å². The Bertz CT molecular complexity index is 1020. The smallest absolute Gasteiger partial charge is 0.293 e. The monoisotopic (exact) mass is 447 g/mol. The van der Waals surface area contributed by atoms with Crippen molar-refractivity contribution in [2.24, 2.45) is 0 Å². The first kappa shape index (κ1) is 21.9. The van der Waals surface area contributed by atoms with Gasteiger partial charge >= 0.3 is 0 Å². The molecule has 0 N–H and O–H groups in total. The molecular formula is C22H19ClFNO4S. The van der Waals surface area contributed by atoms with Crippen LogP contribution in [0.2, 0.25) is 5.02 Å². The number of carbonyl (C=O) groups excluding carboxylic acids is 2. The summed E-state index contributed by atoms with van der Waals surface area (Å²) in [4.78, 5) is 26.3. The lowest BCUT2D eigenvalue weighted by atomic mass is 10.1. The fourth-order valence-corrected chi connectivity index (χ4v) is 3.91. The molecule has 0 bridgehead atoms. The molecule has 1 aliphatic rings. The van der Waals surface area contributed by atoms with Gasteiger partial charge in [-0.05, 0) is 48.5 Å². The Morgan fingerprint density at radius 3 is 2.70 bits per heavy atom. The number of hydrogen-bond acceptors (Lipinski definition) is 5. The zero-order valence-electron chi connectivity index (χ0n) is 16.2. The molecule has 0 radical (unpaired) electrons. The number of nitrogens with zero attached hydrogens (tertiary/aromatic N) is 1. The Labute approximate surface area is 183 Å². The van der Waals surface area contributed by atoms with Crippen LogP contribution in [-0.2, 0) is 11.3 Å². The first-order valence-corrected chi connectivity index (χ1v) is 10.3. The second kappa shape index (κ2) is 9.82. The summed E-state index contributed by atoms with van der Waals surface area (Å²) < 4.78 is 25.1. The third kappa shape index (κ3) is 4.86. The zero-order chi connectivity index (χ0) is 21.7. The third-order valence-electron chi connectivity index (χ3n) is 4.13. The molecule has 8 heteroatoms.